The van der Waals surface area contributed by atoms with E-state index >= 15 is 0 Å². The number of rotatable bonds is 15. The van der Waals surface area contributed by atoms with Gasteiger partial charge in [0.15, 0.2) is 11.6 Å². The molecule has 5 fully saturated rings. The number of halogens is 10. The van der Waals surface area contributed by atoms with Crippen LogP contribution in [0.2, 0.25) is 0 Å². The average Bonchev–Trinajstić information content (AvgIpc) is 1.59. The molecule has 10 heterocycles. The number of amidine groups is 5. The number of carbonyl (C=O) groups excluding carboxylic acids is 3. The number of likely N-dealkylation sites (N-methyl/N-ethyl adjacent to an activating group) is 2. The number of hydrogen-bond acceptors (Lipinski definition) is 19. The SMILES string of the molecule is CC(=O)NC1=NCc2cc(Br)ccc21.CC1(C)OB(B2OC(C)(C)C(C)(C)O2)OC1(C)C.CCN1CCN(Cc2ccc(CC(=O)c3cccc(-c4ccc5c(c4)CNC5=NC)c3)cc2C(F)(F)F)CC1.CCN1CCN(Cc2ccc(CC(=O)c3cccc(I)c3)cc2C(F)(F)F)CC1.CN=C1NCc2cc(B3OC(C)(C)C(C)(C)O3)ccc21.CN=C1NCc2cc(Br)ccc21.NC1=NCc2cc(Br)ccc21. The molecule has 36 heteroatoms. The molecule has 5 saturated heterocycles. The van der Waals surface area contributed by atoms with Gasteiger partial charge in [0.25, 0.3) is 0 Å². The van der Waals surface area contributed by atoms with E-state index in [0.717, 1.165) is 176 Å². The van der Waals surface area contributed by atoms with Gasteiger partial charge in [0.1, 0.15) is 29.2 Å². The van der Waals surface area contributed by atoms with E-state index in [1.165, 1.54) is 40.8 Å². The third-order valence-electron chi connectivity index (χ3n) is 28.1. The van der Waals surface area contributed by atoms with Crippen LogP contribution >= 0.6 is 70.4 Å². The molecule has 0 unspecified atom stereocenters. The van der Waals surface area contributed by atoms with Gasteiger partial charge in [0.05, 0.1) is 57.8 Å². The van der Waals surface area contributed by atoms with E-state index in [4.69, 9.17) is 33.7 Å². The molecule has 0 radical (unpaired) electrons. The zero-order valence-electron chi connectivity index (χ0n) is 84.5. The first kappa shape index (κ1) is 111. The van der Waals surface area contributed by atoms with Crippen molar-refractivity contribution in [1.29, 1.82) is 0 Å². The number of nitrogens with one attached hydrogen (secondary N) is 4. The number of ketones is 2. The molecular weight excluding hydrogens is 2140 g/mol. The van der Waals surface area contributed by atoms with Gasteiger partial charge in [-0.05, 0) is 276 Å². The maximum Gasteiger partial charge on any atom is 0.494 e. The molecule has 23 nitrogen and oxygen atoms in total. The lowest BCUT2D eigenvalue weighted by Gasteiger charge is -2.34. The minimum Gasteiger partial charge on any atom is -0.405 e. The molecule has 0 saturated carbocycles. The van der Waals surface area contributed by atoms with Crippen LogP contribution in [0, 0.1) is 3.57 Å². The predicted octanol–water partition coefficient (Wildman–Crippen LogP) is 19.4. The topological polar surface area (TPSA) is 255 Å². The first-order valence-electron chi connectivity index (χ1n) is 48.1. The van der Waals surface area contributed by atoms with E-state index < -0.39 is 37.5 Å². The fraction of sp³-hybridized carbons (Fsp3) is 0.421. The van der Waals surface area contributed by atoms with E-state index in [9.17, 15) is 40.7 Å². The first-order chi connectivity index (χ1) is 67.5. The number of benzene rings is 9. The summed E-state index contributed by atoms with van der Waals surface area (Å²) in [5.74, 6) is 3.69. The molecule has 0 aromatic heterocycles. The van der Waals surface area contributed by atoms with Crippen molar-refractivity contribution in [3.8, 4) is 11.1 Å². The molecule has 0 bridgehead atoms. The van der Waals surface area contributed by atoms with Crippen LogP contribution in [0.3, 0.4) is 0 Å². The highest BCUT2D eigenvalue weighted by atomic mass is 127. The Morgan fingerprint density at radius 2 is 0.811 bits per heavy atom. The highest BCUT2D eigenvalue weighted by molar-refractivity contribution is 14.1. The molecular formula is C107H127B3Br3F6IN14O9. The number of Topliss-reactive ketones (excluding diaryl/α,β-unsaturated/α-hetero) is 2. The molecule has 1 amide bonds. The molecule has 9 aromatic rings. The van der Waals surface area contributed by atoms with Gasteiger partial charge < -0.3 is 64.7 Å². The van der Waals surface area contributed by atoms with E-state index in [2.05, 4.69) is 220 Å². The molecule has 9 aromatic carbocycles. The summed E-state index contributed by atoms with van der Waals surface area (Å²) in [6, 6.07) is 53.7. The number of carbonyl (C=O) groups is 3. The van der Waals surface area contributed by atoms with Gasteiger partial charge in [0, 0.05) is 182 Å². The normalized spacial score (nSPS) is 19.4. The standard InChI is InChI=1S/C31H33F3N4O.C22H24F3IN2O.C15H21BN2O2.C12H24B2O4.C10H9BrN2O.C9H9BrN2.C8H7BrN2/c1-3-37-11-13-38(14-12-37)20-25-8-7-21(15-28(25)31(32,33)34)16-29(39)24-6-4-5-22(17-24)23-9-10-27-26(18-23)19-36-30(27)35-2;1-2-27-8-10-28(11-9-27)15-18-7-6-16(12-20(18)22(23,24)25)13-21(29)17-4-3-5-19(26)14-17;1-14(2)15(3,4)20-16(19-14)11-6-7-12-10(8-11)9-18-13(12)17-5;1-9(2)10(3,4)16-13(15-9)14-17-11(5,6)12(7,8)18-14;1-6(14)13-10-9-3-2-8(11)4-7(9)5-12-10;1-11-9-8-3-2-7(10)4-6(8)5-12-9;9-6-1-2-7-5(3-6)4-11-8(7)10/h4-10,15,17-18H,3,11-14,16,19-20H2,1-2H3,(H,35,36);3-7,12,14H,2,8-11,13,15H2,1H3;6-8H,9H2,1-5H3,(H,17,18);1-8H3;2-4H,5H2,1H3,(H,12,13,14);2-4H,5H2,1H3,(H,11,12);1-3H,4H2,(H2,10,11). The molecule has 19 rings (SSSR count). The van der Waals surface area contributed by atoms with Crippen LogP contribution in [0.25, 0.3) is 11.1 Å². The van der Waals surface area contributed by atoms with Crippen molar-refractivity contribution in [2.24, 2.45) is 30.7 Å². The summed E-state index contributed by atoms with van der Waals surface area (Å²) in [5.41, 5.74) is 19.1. The van der Waals surface area contributed by atoms with Crippen LogP contribution in [0.15, 0.2) is 214 Å². The number of nitrogens with two attached hydrogens (primary N) is 1. The molecule has 758 valence electrons. The Morgan fingerprint density at radius 1 is 0.441 bits per heavy atom. The molecule has 6 N–H and O–H groups in total. The predicted molar refractivity (Wildman–Crippen MR) is 578 cm³/mol. The first-order valence-corrected chi connectivity index (χ1v) is 51.6. The van der Waals surface area contributed by atoms with E-state index in [1.54, 1.807) is 63.6 Å². The second-order valence-corrected chi connectivity index (χ2v) is 43.5. The lowest BCUT2D eigenvalue weighted by molar-refractivity contribution is -0.139. The van der Waals surface area contributed by atoms with Crippen molar-refractivity contribution < 1.29 is 68.7 Å². The summed E-state index contributed by atoms with van der Waals surface area (Å²) in [6.45, 7) is 42.9. The largest absolute Gasteiger partial charge is 0.494 e. The quantitative estimate of drug-likeness (QED) is 0.0277. The minimum absolute atomic E-state index is 0.0430. The number of piperazine rings is 2. The molecule has 0 spiro atoms. The highest BCUT2D eigenvalue weighted by Crippen LogP contribution is 2.45. The molecule has 10 aliphatic heterocycles. The van der Waals surface area contributed by atoms with Crippen molar-refractivity contribution in [2.75, 3.05) is 86.6 Å². The maximum absolute atomic E-state index is 14.0. The second kappa shape index (κ2) is 46.9. The molecule has 0 atom stereocenters. The summed E-state index contributed by atoms with van der Waals surface area (Å²) >= 11 is 12.3. The van der Waals surface area contributed by atoms with E-state index in [-0.39, 0.29) is 95.3 Å². The van der Waals surface area contributed by atoms with E-state index in [1.807, 2.05) is 128 Å². The van der Waals surface area contributed by atoms with Crippen molar-refractivity contribution in [1.82, 2.24) is 40.9 Å². The number of fused-ring (bicyclic) bond motifs is 5. The fourth-order valence-electron chi connectivity index (χ4n) is 17.7. The van der Waals surface area contributed by atoms with Crippen molar-refractivity contribution >= 4 is 144 Å². The van der Waals surface area contributed by atoms with Crippen molar-refractivity contribution in [3.05, 3.63) is 293 Å². The number of nitrogens with zero attached hydrogens (tertiary/aromatic N) is 9. The molecule has 143 heavy (non-hydrogen) atoms. The number of hydrogen-bond donors (Lipinski definition) is 5. The molecule has 10 aliphatic rings. The Kier molecular flexibility index (Phi) is 36.5. The van der Waals surface area contributed by atoms with Gasteiger partial charge in [-0.15, -0.1) is 0 Å². The second-order valence-electron chi connectivity index (χ2n) is 39.5. The zero-order chi connectivity index (χ0) is 104. The monoisotopic (exact) mass is 2260 g/mol. The van der Waals surface area contributed by atoms with Gasteiger partial charge >= 0.3 is 33.5 Å². The average molecular weight is 2270 g/mol. The fourth-order valence-corrected chi connectivity index (χ4v) is 19.4. The lowest BCUT2D eigenvalue weighted by Crippen LogP contribution is -2.45. The minimum atomic E-state index is -4.48. The highest BCUT2D eigenvalue weighted by Gasteiger charge is 2.64. The maximum atomic E-state index is 14.0. The number of amides is 1. The van der Waals surface area contributed by atoms with Gasteiger partial charge in [-0.1, -0.05) is 147 Å². The Labute approximate surface area is 876 Å². The van der Waals surface area contributed by atoms with Crippen LogP contribution < -0.4 is 32.5 Å². The summed E-state index contributed by atoms with van der Waals surface area (Å²) in [4.78, 5) is 66.3. The van der Waals surface area contributed by atoms with Gasteiger partial charge in [0.2, 0.25) is 5.91 Å². The van der Waals surface area contributed by atoms with Gasteiger partial charge in [-0.25, -0.2) is 0 Å². The van der Waals surface area contributed by atoms with Gasteiger partial charge in [-0.3, -0.25) is 49.1 Å². The van der Waals surface area contributed by atoms with E-state index in [0.29, 0.717) is 47.0 Å². The number of alkyl halides is 6. The summed E-state index contributed by atoms with van der Waals surface area (Å²) in [5, 5.41) is 12.5. The Bertz CT molecular complexity index is 6220. The van der Waals surface area contributed by atoms with Gasteiger partial charge in [-0.2, -0.15) is 26.3 Å². The Hall–Kier alpha value is -9.12. The smallest absolute Gasteiger partial charge is 0.405 e. The van der Waals surface area contributed by atoms with Crippen molar-refractivity contribution in [3.63, 3.8) is 0 Å². The third-order valence-corrected chi connectivity index (χ3v) is 30.3. The summed E-state index contributed by atoms with van der Waals surface area (Å²) in [7, 11) is 4.11. The summed E-state index contributed by atoms with van der Waals surface area (Å²) < 4.78 is 123. The van der Waals surface area contributed by atoms with Crippen LogP contribution in [0.5, 0.6) is 0 Å². The van der Waals surface area contributed by atoms with Crippen LogP contribution in [-0.4, -0.2) is 208 Å². The van der Waals surface area contributed by atoms with Crippen LogP contribution in [-0.2, 0) is 104 Å². The van der Waals surface area contributed by atoms with Crippen LogP contribution in [0.4, 0.5) is 26.3 Å². The Balaban J connectivity index is 0.000000146. The van der Waals surface area contributed by atoms with Crippen molar-refractivity contribution in [2.45, 2.75) is 208 Å². The number of aliphatic imine (C=N–C) groups is 5. The summed E-state index contributed by atoms with van der Waals surface area (Å²) in [6.07, 6.45) is -9.06. The Morgan fingerprint density at radius 3 is 1.24 bits per heavy atom. The zero-order valence-corrected chi connectivity index (χ0v) is 91.4. The van der Waals surface area contributed by atoms with Crippen LogP contribution in [0.1, 0.15) is 214 Å². The lowest BCUT2D eigenvalue weighted by atomic mass is 9.49. The molecule has 0 aliphatic carbocycles. The third kappa shape index (κ3) is 27.9.